The number of allylic oxidation sites excluding steroid dienone is 2. The van der Waals surface area contributed by atoms with Gasteiger partial charge < -0.3 is 0 Å². The summed E-state index contributed by atoms with van der Waals surface area (Å²) in [7, 11) is -3.34. The number of sulfone groups is 1. The van der Waals surface area contributed by atoms with Gasteiger partial charge >= 0.3 is 0 Å². The summed E-state index contributed by atoms with van der Waals surface area (Å²) < 4.78 is 24.7. The zero-order chi connectivity index (χ0) is 11.6. The summed E-state index contributed by atoms with van der Waals surface area (Å²) in [6.45, 7) is 3.76. The van der Waals surface area contributed by atoms with Crippen LogP contribution in [0, 0.1) is 0 Å². The summed E-state index contributed by atoms with van der Waals surface area (Å²) in [6, 6.07) is 3.38. The standard InChI is InChI=1S/C12H14O2S2/c1-10(11-6-3-2-4-7-11)16(13,14)12-8-5-9-15-12/h5-6,8-9H,1-4,7H2. The Bertz CT molecular complexity index is 507. The molecule has 1 heterocycles. The van der Waals surface area contributed by atoms with E-state index < -0.39 is 9.84 Å². The van der Waals surface area contributed by atoms with Crippen molar-refractivity contribution in [1.82, 2.24) is 0 Å². The maximum Gasteiger partial charge on any atom is 0.215 e. The molecule has 0 saturated heterocycles. The van der Waals surface area contributed by atoms with Gasteiger partial charge in [0.1, 0.15) is 4.21 Å². The Hall–Kier alpha value is -0.870. The van der Waals surface area contributed by atoms with Crippen molar-refractivity contribution in [2.75, 3.05) is 0 Å². The molecule has 1 aliphatic carbocycles. The molecule has 0 N–H and O–H groups in total. The third kappa shape index (κ3) is 2.13. The fourth-order valence-electron chi connectivity index (χ4n) is 1.80. The van der Waals surface area contributed by atoms with E-state index in [-0.39, 0.29) is 4.91 Å². The van der Waals surface area contributed by atoms with Crippen LogP contribution in [0.2, 0.25) is 0 Å². The van der Waals surface area contributed by atoms with E-state index in [4.69, 9.17) is 0 Å². The second-order valence-corrected chi connectivity index (χ2v) is 6.98. The maximum absolute atomic E-state index is 12.2. The van der Waals surface area contributed by atoms with Crippen molar-refractivity contribution in [3.63, 3.8) is 0 Å². The van der Waals surface area contributed by atoms with E-state index in [1.165, 1.54) is 11.3 Å². The summed E-state index contributed by atoms with van der Waals surface area (Å²) in [5, 5.41) is 1.77. The number of hydrogen-bond donors (Lipinski definition) is 0. The van der Waals surface area contributed by atoms with E-state index >= 15 is 0 Å². The Morgan fingerprint density at radius 1 is 1.38 bits per heavy atom. The van der Waals surface area contributed by atoms with Crippen LogP contribution in [0.1, 0.15) is 25.7 Å². The number of rotatable bonds is 3. The summed E-state index contributed by atoms with van der Waals surface area (Å²) in [6.07, 6.45) is 6.02. The quantitative estimate of drug-likeness (QED) is 0.827. The molecule has 1 aliphatic rings. The third-order valence-electron chi connectivity index (χ3n) is 2.73. The summed E-state index contributed by atoms with van der Waals surface area (Å²) in [4.78, 5) is 0.287. The molecule has 1 aromatic rings. The van der Waals surface area contributed by atoms with E-state index in [0.29, 0.717) is 4.21 Å². The zero-order valence-corrected chi connectivity index (χ0v) is 10.6. The molecule has 0 bridgehead atoms. The van der Waals surface area contributed by atoms with Crippen LogP contribution in [0.15, 0.2) is 44.9 Å². The van der Waals surface area contributed by atoms with Gasteiger partial charge in [-0.1, -0.05) is 18.7 Å². The Morgan fingerprint density at radius 2 is 2.19 bits per heavy atom. The van der Waals surface area contributed by atoms with E-state index in [1.807, 2.05) is 6.08 Å². The Balaban J connectivity index is 2.32. The van der Waals surface area contributed by atoms with Crippen LogP contribution >= 0.6 is 11.3 Å². The second-order valence-electron chi connectivity index (χ2n) is 3.83. The molecule has 0 unspecified atom stereocenters. The van der Waals surface area contributed by atoms with Gasteiger partial charge in [0.15, 0.2) is 0 Å². The highest BCUT2D eigenvalue weighted by atomic mass is 32.2. The average molecular weight is 254 g/mol. The molecule has 86 valence electrons. The second kappa shape index (κ2) is 4.55. The lowest BCUT2D eigenvalue weighted by Crippen LogP contribution is -2.06. The predicted octanol–water partition coefficient (Wildman–Crippen LogP) is 3.54. The molecule has 0 atom stereocenters. The van der Waals surface area contributed by atoms with Gasteiger partial charge in [0.25, 0.3) is 0 Å². The molecule has 0 aliphatic heterocycles. The molecule has 0 spiro atoms. The first kappa shape index (κ1) is 11.6. The lowest BCUT2D eigenvalue weighted by Gasteiger charge is -2.14. The SMILES string of the molecule is C=C(C1=CCCCC1)S(=O)(=O)c1cccs1. The van der Waals surface area contributed by atoms with Crippen molar-refractivity contribution in [3.8, 4) is 0 Å². The molecule has 4 heteroatoms. The van der Waals surface area contributed by atoms with E-state index in [9.17, 15) is 8.42 Å². The highest BCUT2D eigenvalue weighted by Gasteiger charge is 2.23. The fraction of sp³-hybridized carbons (Fsp3) is 0.333. The van der Waals surface area contributed by atoms with Gasteiger partial charge in [-0.2, -0.15) is 0 Å². The van der Waals surface area contributed by atoms with Gasteiger partial charge in [-0.25, -0.2) is 8.42 Å². The molecule has 2 rings (SSSR count). The van der Waals surface area contributed by atoms with Gasteiger partial charge in [0, 0.05) is 0 Å². The van der Waals surface area contributed by atoms with Crippen molar-refractivity contribution < 1.29 is 8.42 Å². The highest BCUT2D eigenvalue weighted by Crippen LogP contribution is 2.31. The van der Waals surface area contributed by atoms with Crippen LogP contribution in [0.4, 0.5) is 0 Å². The monoisotopic (exact) mass is 254 g/mol. The molecular formula is C12H14O2S2. The molecule has 0 amide bonds. The van der Waals surface area contributed by atoms with Gasteiger partial charge in [-0.15, -0.1) is 11.3 Å². The van der Waals surface area contributed by atoms with Crippen LogP contribution in [0.25, 0.3) is 0 Å². The molecule has 16 heavy (non-hydrogen) atoms. The maximum atomic E-state index is 12.2. The largest absolute Gasteiger partial charge is 0.218 e. The lowest BCUT2D eigenvalue weighted by molar-refractivity contribution is 0.603. The first-order valence-corrected chi connectivity index (χ1v) is 7.65. The van der Waals surface area contributed by atoms with Crippen LogP contribution < -0.4 is 0 Å². The molecule has 2 nitrogen and oxygen atoms in total. The van der Waals surface area contributed by atoms with E-state index in [1.54, 1.807) is 17.5 Å². The Labute approximate surface area is 100 Å². The van der Waals surface area contributed by atoms with Gasteiger partial charge in [0.2, 0.25) is 9.84 Å². The first-order chi connectivity index (χ1) is 7.62. The minimum absolute atomic E-state index is 0.287. The van der Waals surface area contributed by atoms with Crippen molar-refractivity contribution in [2.45, 2.75) is 29.9 Å². The Morgan fingerprint density at radius 3 is 2.75 bits per heavy atom. The van der Waals surface area contributed by atoms with Crippen LogP contribution in [-0.2, 0) is 9.84 Å². The van der Waals surface area contributed by atoms with Crippen LogP contribution in [-0.4, -0.2) is 8.42 Å². The van der Waals surface area contributed by atoms with Crippen LogP contribution in [0.3, 0.4) is 0 Å². The van der Waals surface area contributed by atoms with Gasteiger partial charge in [0.05, 0.1) is 4.91 Å². The molecule has 1 aromatic heterocycles. The topological polar surface area (TPSA) is 34.1 Å². The average Bonchev–Trinajstić information content (AvgIpc) is 2.83. The molecule has 0 radical (unpaired) electrons. The molecule has 0 saturated carbocycles. The van der Waals surface area contributed by atoms with Crippen molar-refractivity contribution in [1.29, 1.82) is 0 Å². The van der Waals surface area contributed by atoms with E-state index in [0.717, 1.165) is 31.3 Å². The number of thiophene rings is 1. The normalized spacial score (nSPS) is 16.9. The highest BCUT2D eigenvalue weighted by molar-refractivity contribution is 7.97. The van der Waals surface area contributed by atoms with Crippen molar-refractivity contribution >= 4 is 21.2 Å². The fourth-order valence-corrected chi connectivity index (χ4v) is 4.26. The van der Waals surface area contributed by atoms with E-state index in [2.05, 4.69) is 6.58 Å². The minimum Gasteiger partial charge on any atom is -0.218 e. The number of hydrogen-bond acceptors (Lipinski definition) is 3. The zero-order valence-electron chi connectivity index (χ0n) is 8.98. The molecular weight excluding hydrogens is 240 g/mol. The predicted molar refractivity (Wildman–Crippen MR) is 67.2 cm³/mol. The summed E-state index contributed by atoms with van der Waals surface area (Å²) >= 11 is 1.25. The van der Waals surface area contributed by atoms with Gasteiger partial charge in [-0.05, 0) is 42.7 Å². The molecule has 0 aromatic carbocycles. The van der Waals surface area contributed by atoms with Crippen molar-refractivity contribution in [3.05, 3.63) is 40.6 Å². The summed E-state index contributed by atoms with van der Waals surface area (Å²) in [5.41, 5.74) is 0.902. The van der Waals surface area contributed by atoms with Gasteiger partial charge in [-0.3, -0.25) is 0 Å². The minimum atomic E-state index is -3.34. The van der Waals surface area contributed by atoms with Crippen LogP contribution in [0.5, 0.6) is 0 Å². The first-order valence-electron chi connectivity index (χ1n) is 5.29. The lowest BCUT2D eigenvalue weighted by atomic mass is 10.00. The third-order valence-corrected chi connectivity index (χ3v) is 5.92. The summed E-state index contributed by atoms with van der Waals surface area (Å²) in [5.74, 6) is 0. The Kier molecular flexibility index (Phi) is 3.30. The molecule has 0 fully saturated rings. The smallest absolute Gasteiger partial charge is 0.215 e. The van der Waals surface area contributed by atoms with Crippen molar-refractivity contribution in [2.24, 2.45) is 0 Å².